The Morgan fingerprint density at radius 3 is 2.00 bits per heavy atom. The predicted octanol–water partition coefficient (Wildman–Crippen LogP) is -0.820. The van der Waals surface area contributed by atoms with E-state index in [1.54, 1.807) is 0 Å². The van der Waals surface area contributed by atoms with Crippen molar-refractivity contribution in [2.24, 2.45) is 5.92 Å². The van der Waals surface area contributed by atoms with Gasteiger partial charge in [0, 0.05) is 6.54 Å². The molecule has 0 bridgehead atoms. The summed E-state index contributed by atoms with van der Waals surface area (Å²) in [6.07, 6.45) is 0.698. The molecular formula is C7H14BF3KN. The molecule has 1 saturated carbocycles. The molecule has 13 heavy (non-hydrogen) atoms. The van der Waals surface area contributed by atoms with Crippen molar-refractivity contribution in [2.75, 3.05) is 20.6 Å². The van der Waals surface area contributed by atoms with Crippen LogP contribution in [0.3, 0.4) is 0 Å². The zero-order valence-electron chi connectivity index (χ0n) is 8.43. The monoisotopic (exact) mass is 219 g/mol. The zero-order valence-corrected chi connectivity index (χ0v) is 11.6. The van der Waals surface area contributed by atoms with E-state index in [4.69, 9.17) is 0 Å². The molecule has 0 heterocycles. The Bertz CT molecular complexity index is 156. The fourth-order valence-electron chi connectivity index (χ4n) is 1.76. The summed E-state index contributed by atoms with van der Waals surface area (Å²) in [5.74, 6) is -0.691. The number of nitrogens with zero attached hydrogens (tertiary/aromatic N) is 1. The minimum Gasteiger partial charge on any atom is -0.449 e. The van der Waals surface area contributed by atoms with Crippen molar-refractivity contribution >= 4 is 6.98 Å². The molecule has 0 radical (unpaired) electrons. The third-order valence-electron chi connectivity index (χ3n) is 2.43. The maximum atomic E-state index is 12.1. The normalized spacial score (nSPS) is 28.2. The van der Waals surface area contributed by atoms with Gasteiger partial charge in [0.2, 0.25) is 0 Å². The average molecular weight is 219 g/mol. The van der Waals surface area contributed by atoms with E-state index in [2.05, 4.69) is 0 Å². The molecule has 0 aromatic carbocycles. The molecule has 0 aromatic rings. The summed E-state index contributed by atoms with van der Waals surface area (Å²) in [7, 11) is 3.79. The third kappa shape index (κ3) is 4.66. The molecule has 1 aliphatic rings. The van der Waals surface area contributed by atoms with E-state index in [0.717, 1.165) is 6.54 Å². The van der Waals surface area contributed by atoms with Crippen LogP contribution in [0.5, 0.6) is 0 Å². The largest absolute Gasteiger partial charge is 1.00 e. The number of rotatable bonds is 3. The van der Waals surface area contributed by atoms with Crippen molar-refractivity contribution in [2.45, 2.75) is 18.7 Å². The molecule has 1 fully saturated rings. The fourth-order valence-corrected chi connectivity index (χ4v) is 1.76. The van der Waals surface area contributed by atoms with Gasteiger partial charge in [0.15, 0.2) is 0 Å². The molecule has 72 valence electrons. The van der Waals surface area contributed by atoms with Gasteiger partial charge in [-0.15, -0.1) is 0 Å². The van der Waals surface area contributed by atoms with E-state index in [9.17, 15) is 12.9 Å². The minimum atomic E-state index is -4.55. The summed E-state index contributed by atoms with van der Waals surface area (Å²) in [5, 5.41) is 0. The standard InChI is InChI=1S/C7H14BF3N.K/c1-12(2)5-6-3-7(4-6)8(9,10)11;/h6-7H,3-5H2,1-2H3;/q-1;+1. The Morgan fingerprint density at radius 2 is 1.69 bits per heavy atom. The van der Waals surface area contributed by atoms with E-state index < -0.39 is 12.8 Å². The number of hydrogen-bond donors (Lipinski definition) is 0. The van der Waals surface area contributed by atoms with Gasteiger partial charge in [-0.3, -0.25) is 0 Å². The van der Waals surface area contributed by atoms with Crippen LogP contribution in [-0.4, -0.2) is 32.5 Å². The van der Waals surface area contributed by atoms with E-state index in [1.165, 1.54) is 0 Å². The zero-order chi connectivity index (χ0) is 9.35. The van der Waals surface area contributed by atoms with Gasteiger partial charge >= 0.3 is 58.4 Å². The van der Waals surface area contributed by atoms with E-state index in [-0.39, 0.29) is 57.3 Å². The molecule has 6 heteroatoms. The van der Waals surface area contributed by atoms with Gasteiger partial charge in [-0.05, 0) is 20.0 Å². The summed E-state index contributed by atoms with van der Waals surface area (Å²) in [5.41, 5.74) is 0. The van der Waals surface area contributed by atoms with Crippen molar-refractivity contribution < 1.29 is 64.3 Å². The van der Waals surface area contributed by atoms with Crippen molar-refractivity contribution in [3.8, 4) is 0 Å². The first kappa shape index (κ1) is 14.5. The van der Waals surface area contributed by atoms with Gasteiger partial charge in [-0.1, -0.05) is 18.7 Å². The summed E-state index contributed by atoms with van der Waals surface area (Å²) >= 11 is 0. The summed E-state index contributed by atoms with van der Waals surface area (Å²) in [6, 6.07) is 0. The quantitative estimate of drug-likeness (QED) is 0.560. The third-order valence-corrected chi connectivity index (χ3v) is 2.43. The maximum absolute atomic E-state index is 12.1. The topological polar surface area (TPSA) is 3.24 Å². The van der Waals surface area contributed by atoms with Crippen molar-refractivity contribution in [3.05, 3.63) is 0 Å². The van der Waals surface area contributed by atoms with Crippen LogP contribution in [0, 0.1) is 5.92 Å². The molecule has 1 aliphatic carbocycles. The van der Waals surface area contributed by atoms with Crippen LogP contribution in [0.25, 0.3) is 0 Å². The summed E-state index contributed by atoms with van der Waals surface area (Å²) < 4.78 is 36.2. The Morgan fingerprint density at radius 1 is 1.23 bits per heavy atom. The molecule has 1 nitrogen and oxygen atoms in total. The van der Waals surface area contributed by atoms with Crippen molar-refractivity contribution in [1.82, 2.24) is 4.90 Å². The molecule has 0 amide bonds. The van der Waals surface area contributed by atoms with Crippen LogP contribution in [0.15, 0.2) is 0 Å². The summed E-state index contributed by atoms with van der Waals surface area (Å²) in [4.78, 5) is 1.95. The van der Waals surface area contributed by atoms with Crippen LogP contribution in [0.4, 0.5) is 12.9 Å². The van der Waals surface area contributed by atoms with Crippen LogP contribution >= 0.6 is 0 Å². The first-order valence-corrected chi connectivity index (χ1v) is 4.24. The molecule has 0 atom stereocenters. The van der Waals surface area contributed by atoms with Crippen molar-refractivity contribution in [3.63, 3.8) is 0 Å². The van der Waals surface area contributed by atoms with Gasteiger partial charge in [-0.25, -0.2) is 0 Å². The SMILES string of the molecule is CN(C)CC1CC([B-](F)(F)F)C1.[K+]. The van der Waals surface area contributed by atoms with Gasteiger partial charge in [0.25, 0.3) is 0 Å². The molecule has 0 aromatic heterocycles. The molecule has 0 spiro atoms. The average Bonchev–Trinajstić information content (AvgIpc) is 1.73. The molecular weight excluding hydrogens is 205 g/mol. The number of halogens is 3. The molecule has 0 N–H and O–H groups in total. The molecule has 0 saturated heterocycles. The van der Waals surface area contributed by atoms with E-state index >= 15 is 0 Å². The Balaban J connectivity index is 0.00000144. The van der Waals surface area contributed by atoms with Crippen LogP contribution < -0.4 is 51.4 Å². The smallest absolute Gasteiger partial charge is 0.449 e. The van der Waals surface area contributed by atoms with E-state index in [0.29, 0.717) is 12.8 Å². The van der Waals surface area contributed by atoms with Crippen LogP contribution in [0.2, 0.25) is 5.82 Å². The van der Waals surface area contributed by atoms with Gasteiger partial charge < -0.3 is 17.8 Å². The van der Waals surface area contributed by atoms with Gasteiger partial charge in [0.1, 0.15) is 0 Å². The molecule has 1 rings (SSSR count). The minimum absolute atomic E-state index is 0. The predicted molar refractivity (Wildman–Crippen MR) is 44.1 cm³/mol. The first-order valence-electron chi connectivity index (χ1n) is 4.24. The second kappa shape index (κ2) is 5.51. The first-order chi connectivity index (χ1) is 5.39. The van der Waals surface area contributed by atoms with E-state index in [1.807, 2.05) is 19.0 Å². The maximum Gasteiger partial charge on any atom is 1.00 e. The summed E-state index contributed by atoms with van der Waals surface area (Å²) in [6.45, 7) is -3.76. The van der Waals surface area contributed by atoms with Crippen molar-refractivity contribution in [1.29, 1.82) is 0 Å². The Kier molecular flexibility index (Phi) is 6.13. The van der Waals surface area contributed by atoms with Crippen LogP contribution in [0.1, 0.15) is 12.8 Å². The Labute approximate surface area is 120 Å². The fraction of sp³-hybridized carbons (Fsp3) is 1.00. The van der Waals surface area contributed by atoms with Gasteiger partial charge in [-0.2, -0.15) is 0 Å². The second-order valence-corrected chi connectivity index (χ2v) is 3.99. The second-order valence-electron chi connectivity index (χ2n) is 3.99. The van der Waals surface area contributed by atoms with Crippen LogP contribution in [-0.2, 0) is 0 Å². The number of hydrogen-bond acceptors (Lipinski definition) is 1. The molecule has 0 unspecified atom stereocenters. The van der Waals surface area contributed by atoms with Gasteiger partial charge in [0.05, 0.1) is 0 Å². The Hall–Kier alpha value is 1.45. The molecule has 0 aliphatic heterocycles.